The van der Waals surface area contributed by atoms with Gasteiger partial charge in [-0.2, -0.15) is 0 Å². The molecule has 2 heterocycles. The van der Waals surface area contributed by atoms with E-state index in [1.165, 1.54) is 29.8 Å². The minimum absolute atomic E-state index is 0.0628. The number of hydrogen-bond acceptors (Lipinski definition) is 3. The predicted octanol–water partition coefficient (Wildman–Crippen LogP) is 3.37. The Kier molecular flexibility index (Phi) is 7.93. The molecule has 7 heteroatoms. The van der Waals surface area contributed by atoms with Crippen molar-refractivity contribution in [2.75, 3.05) is 39.3 Å². The monoisotopic (exact) mass is 465 g/mol. The normalized spacial score (nSPS) is 18.6. The Hall–Kier alpha value is -3.22. The van der Waals surface area contributed by atoms with Crippen molar-refractivity contribution < 1.29 is 18.8 Å². The number of hydrogen-bond donors (Lipinski definition) is 0. The number of benzene rings is 2. The van der Waals surface area contributed by atoms with Crippen LogP contribution in [0.2, 0.25) is 0 Å². The molecule has 1 atom stereocenters. The van der Waals surface area contributed by atoms with E-state index in [2.05, 4.69) is 12.1 Å². The van der Waals surface area contributed by atoms with Gasteiger partial charge in [0.05, 0.1) is 5.92 Å². The summed E-state index contributed by atoms with van der Waals surface area (Å²) in [5.74, 6) is -0.559. The van der Waals surface area contributed by atoms with E-state index in [4.69, 9.17) is 0 Å². The Morgan fingerprint density at radius 3 is 2.21 bits per heavy atom. The van der Waals surface area contributed by atoms with Crippen LogP contribution in [0.25, 0.3) is 0 Å². The summed E-state index contributed by atoms with van der Waals surface area (Å²) in [6.07, 6.45) is 3.75. The molecule has 0 saturated carbocycles. The molecule has 2 aliphatic heterocycles. The molecule has 2 fully saturated rings. The van der Waals surface area contributed by atoms with Crippen LogP contribution in [0.15, 0.2) is 54.6 Å². The van der Waals surface area contributed by atoms with Gasteiger partial charge >= 0.3 is 0 Å². The van der Waals surface area contributed by atoms with Crippen LogP contribution in [-0.4, -0.2) is 71.7 Å². The van der Waals surface area contributed by atoms with Crippen LogP contribution >= 0.6 is 0 Å². The Balaban J connectivity index is 1.23. The third kappa shape index (κ3) is 6.01. The van der Waals surface area contributed by atoms with Crippen LogP contribution in [0.3, 0.4) is 0 Å². The molecule has 0 N–H and O–H groups in total. The minimum atomic E-state index is -0.378. The summed E-state index contributed by atoms with van der Waals surface area (Å²) in [5, 5.41) is 0. The number of piperazine rings is 1. The number of rotatable bonds is 6. The summed E-state index contributed by atoms with van der Waals surface area (Å²) in [4.78, 5) is 43.9. The van der Waals surface area contributed by atoms with Crippen molar-refractivity contribution in [3.05, 3.63) is 71.5 Å². The molecule has 0 aromatic heterocycles. The average molecular weight is 466 g/mol. The molecule has 0 aliphatic carbocycles. The standard InChI is InChI=1S/C27H32FN3O3/c28-24-13-11-22(12-14-24)26(33)31-15-5-9-23(20-31)27(34)30-18-16-29(17-19-30)25(32)10-4-8-21-6-2-1-3-7-21/h1-3,6-7,11-14,23H,4-5,8-10,15-20H2. The number of carbonyl (C=O) groups is 3. The first-order chi connectivity index (χ1) is 16.5. The number of nitrogens with zero attached hydrogens (tertiary/aromatic N) is 3. The summed E-state index contributed by atoms with van der Waals surface area (Å²) in [7, 11) is 0. The maximum absolute atomic E-state index is 13.2. The maximum Gasteiger partial charge on any atom is 0.253 e. The Labute approximate surface area is 200 Å². The van der Waals surface area contributed by atoms with E-state index >= 15 is 0 Å². The quantitative estimate of drug-likeness (QED) is 0.657. The fourth-order valence-corrected chi connectivity index (χ4v) is 4.82. The number of amides is 3. The zero-order valence-electron chi connectivity index (χ0n) is 19.5. The molecular weight excluding hydrogens is 433 g/mol. The van der Waals surface area contributed by atoms with Gasteiger partial charge in [-0.3, -0.25) is 14.4 Å². The molecule has 3 amide bonds. The smallest absolute Gasteiger partial charge is 0.253 e. The predicted molar refractivity (Wildman–Crippen MR) is 128 cm³/mol. The molecule has 4 rings (SSSR count). The lowest BCUT2D eigenvalue weighted by molar-refractivity contribution is -0.143. The fourth-order valence-electron chi connectivity index (χ4n) is 4.82. The zero-order chi connectivity index (χ0) is 23.9. The minimum Gasteiger partial charge on any atom is -0.339 e. The van der Waals surface area contributed by atoms with Gasteiger partial charge in [-0.15, -0.1) is 0 Å². The number of aryl methyl sites for hydroxylation is 1. The second kappa shape index (κ2) is 11.3. The molecule has 1 unspecified atom stereocenters. The van der Waals surface area contributed by atoms with Crippen LogP contribution in [0.5, 0.6) is 0 Å². The van der Waals surface area contributed by atoms with E-state index in [0.717, 1.165) is 25.7 Å². The lowest BCUT2D eigenvalue weighted by Gasteiger charge is -2.39. The van der Waals surface area contributed by atoms with Crippen molar-refractivity contribution >= 4 is 17.7 Å². The van der Waals surface area contributed by atoms with Crippen molar-refractivity contribution in [3.8, 4) is 0 Å². The van der Waals surface area contributed by atoms with Crippen LogP contribution in [0.4, 0.5) is 4.39 Å². The molecule has 0 spiro atoms. The summed E-state index contributed by atoms with van der Waals surface area (Å²) in [6, 6.07) is 15.7. The third-order valence-corrected chi connectivity index (χ3v) is 6.79. The van der Waals surface area contributed by atoms with Crippen molar-refractivity contribution in [2.45, 2.75) is 32.1 Å². The number of piperidine rings is 1. The highest BCUT2D eigenvalue weighted by molar-refractivity contribution is 5.94. The van der Waals surface area contributed by atoms with Gasteiger partial charge < -0.3 is 14.7 Å². The van der Waals surface area contributed by atoms with Gasteiger partial charge in [-0.05, 0) is 55.5 Å². The van der Waals surface area contributed by atoms with Gasteiger partial charge in [0.25, 0.3) is 5.91 Å². The first-order valence-electron chi connectivity index (χ1n) is 12.2. The van der Waals surface area contributed by atoms with Gasteiger partial charge in [0, 0.05) is 51.3 Å². The van der Waals surface area contributed by atoms with E-state index in [-0.39, 0.29) is 29.5 Å². The van der Waals surface area contributed by atoms with Crippen LogP contribution < -0.4 is 0 Å². The molecule has 2 aliphatic rings. The molecule has 2 aromatic carbocycles. The number of halogens is 1. The third-order valence-electron chi connectivity index (χ3n) is 6.79. The summed E-state index contributed by atoms with van der Waals surface area (Å²) in [6.45, 7) is 3.16. The maximum atomic E-state index is 13.2. The second-order valence-electron chi connectivity index (χ2n) is 9.14. The van der Waals surface area contributed by atoms with Crippen LogP contribution in [0, 0.1) is 11.7 Å². The average Bonchev–Trinajstić information content (AvgIpc) is 2.89. The first-order valence-corrected chi connectivity index (χ1v) is 12.2. The van der Waals surface area contributed by atoms with Crippen molar-refractivity contribution in [2.24, 2.45) is 5.92 Å². The van der Waals surface area contributed by atoms with E-state index < -0.39 is 0 Å². The molecule has 0 radical (unpaired) electrons. The van der Waals surface area contributed by atoms with Crippen LogP contribution in [-0.2, 0) is 16.0 Å². The Bertz CT molecular complexity index is 988. The first kappa shape index (κ1) is 23.9. The molecule has 0 bridgehead atoms. The molecular formula is C27H32FN3O3. The van der Waals surface area contributed by atoms with Gasteiger partial charge in [0.15, 0.2) is 0 Å². The molecule has 6 nitrogen and oxygen atoms in total. The topological polar surface area (TPSA) is 60.9 Å². The molecule has 2 aromatic rings. The SMILES string of the molecule is O=C(CCCc1ccccc1)N1CCN(C(=O)C2CCCN(C(=O)c3ccc(F)cc3)C2)CC1. The van der Waals surface area contributed by atoms with Gasteiger partial charge in [0.1, 0.15) is 5.82 Å². The highest BCUT2D eigenvalue weighted by Gasteiger charge is 2.33. The number of likely N-dealkylation sites (tertiary alicyclic amines) is 1. The molecule has 2 saturated heterocycles. The van der Waals surface area contributed by atoms with E-state index in [0.29, 0.717) is 51.3 Å². The van der Waals surface area contributed by atoms with E-state index in [9.17, 15) is 18.8 Å². The summed E-state index contributed by atoms with van der Waals surface area (Å²) < 4.78 is 13.2. The van der Waals surface area contributed by atoms with Gasteiger partial charge in [0.2, 0.25) is 11.8 Å². The fraction of sp³-hybridized carbons (Fsp3) is 0.444. The largest absolute Gasteiger partial charge is 0.339 e. The molecule has 34 heavy (non-hydrogen) atoms. The van der Waals surface area contributed by atoms with Crippen LogP contribution in [0.1, 0.15) is 41.6 Å². The summed E-state index contributed by atoms with van der Waals surface area (Å²) in [5.41, 5.74) is 1.68. The lowest BCUT2D eigenvalue weighted by atomic mass is 9.95. The highest BCUT2D eigenvalue weighted by atomic mass is 19.1. The summed E-state index contributed by atoms with van der Waals surface area (Å²) >= 11 is 0. The highest BCUT2D eigenvalue weighted by Crippen LogP contribution is 2.22. The van der Waals surface area contributed by atoms with Gasteiger partial charge in [-0.25, -0.2) is 4.39 Å². The number of carbonyl (C=O) groups excluding carboxylic acids is 3. The van der Waals surface area contributed by atoms with E-state index in [1.54, 1.807) is 4.90 Å². The Morgan fingerprint density at radius 1 is 0.824 bits per heavy atom. The lowest BCUT2D eigenvalue weighted by Crippen LogP contribution is -2.54. The second-order valence-corrected chi connectivity index (χ2v) is 9.14. The van der Waals surface area contributed by atoms with Crippen molar-refractivity contribution in [3.63, 3.8) is 0 Å². The van der Waals surface area contributed by atoms with Crippen molar-refractivity contribution in [1.82, 2.24) is 14.7 Å². The van der Waals surface area contributed by atoms with Gasteiger partial charge in [-0.1, -0.05) is 30.3 Å². The Morgan fingerprint density at radius 2 is 1.50 bits per heavy atom. The van der Waals surface area contributed by atoms with E-state index in [1.807, 2.05) is 28.0 Å². The zero-order valence-corrected chi connectivity index (χ0v) is 19.5. The van der Waals surface area contributed by atoms with Crippen molar-refractivity contribution in [1.29, 1.82) is 0 Å². The molecule has 180 valence electrons.